The zero-order valence-electron chi connectivity index (χ0n) is 18.8. The molecule has 0 bridgehead atoms. The van der Waals surface area contributed by atoms with Crippen LogP contribution in [0, 0.1) is 5.41 Å². The number of halogens is 1. The van der Waals surface area contributed by atoms with Crippen molar-refractivity contribution < 1.29 is 14.3 Å². The van der Waals surface area contributed by atoms with Crippen LogP contribution < -0.4 is 20.3 Å². The first-order valence-electron chi connectivity index (χ1n) is 11.2. The van der Waals surface area contributed by atoms with E-state index in [2.05, 4.69) is 17.6 Å². The van der Waals surface area contributed by atoms with Gasteiger partial charge in [0.1, 0.15) is 5.75 Å². The molecule has 1 aliphatic carbocycles. The number of carbonyl (C=O) groups excluding carboxylic acids is 1. The van der Waals surface area contributed by atoms with Crippen LogP contribution in [-0.2, 0) is 9.53 Å². The van der Waals surface area contributed by atoms with Gasteiger partial charge in [0.25, 0.3) is 5.91 Å². The van der Waals surface area contributed by atoms with Gasteiger partial charge in [-0.2, -0.15) is 0 Å². The average molecular weight is 544 g/mol. The molecule has 2 aliphatic rings. The number of aliphatic imine (C=N–C) groups is 1. The van der Waals surface area contributed by atoms with Crippen molar-refractivity contribution in [2.75, 3.05) is 51.4 Å². The van der Waals surface area contributed by atoms with Gasteiger partial charge in [-0.1, -0.05) is 25.0 Å². The molecule has 2 N–H and O–H groups in total. The third-order valence-corrected chi connectivity index (χ3v) is 6.08. The molecule has 0 aromatic heterocycles. The van der Waals surface area contributed by atoms with Crippen LogP contribution >= 0.6 is 24.0 Å². The molecule has 1 fully saturated rings. The van der Waals surface area contributed by atoms with E-state index in [4.69, 9.17) is 14.5 Å². The summed E-state index contributed by atoms with van der Waals surface area (Å²) < 4.78 is 10.8. The maximum atomic E-state index is 12.3. The van der Waals surface area contributed by atoms with Gasteiger partial charge >= 0.3 is 0 Å². The molecule has 1 aromatic rings. The fraction of sp³-hybridized carbons (Fsp3) is 0.652. The van der Waals surface area contributed by atoms with Gasteiger partial charge in [0.15, 0.2) is 12.6 Å². The molecular formula is C23H37IN4O3. The normalized spacial score (nSPS) is 17.5. The van der Waals surface area contributed by atoms with E-state index in [1.807, 2.05) is 29.2 Å². The first-order valence-corrected chi connectivity index (χ1v) is 11.2. The highest BCUT2D eigenvalue weighted by Crippen LogP contribution is 2.41. The topological polar surface area (TPSA) is 75.2 Å². The van der Waals surface area contributed by atoms with E-state index in [0.29, 0.717) is 6.54 Å². The number of rotatable bonds is 10. The number of hydrogen-bond donors (Lipinski definition) is 2. The van der Waals surface area contributed by atoms with Gasteiger partial charge < -0.3 is 25.0 Å². The van der Waals surface area contributed by atoms with Crippen molar-refractivity contribution in [3.63, 3.8) is 0 Å². The minimum atomic E-state index is 0. The van der Waals surface area contributed by atoms with Crippen molar-refractivity contribution in [1.29, 1.82) is 0 Å². The van der Waals surface area contributed by atoms with Crippen LogP contribution in [0.4, 0.5) is 5.69 Å². The Kier molecular flexibility index (Phi) is 10.9. The van der Waals surface area contributed by atoms with E-state index >= 15 is 0 Å². The van der Waals surface area contributed by atoms with Crippen LogP contribution in [0.1, 0.15) is 45.4 Å². The lowest BCUT2D eigenvalue weighted by atomic mass is 9.83. The first kappa shape index (κ1) is 25.7. The number of carbonyl (C=O) groups is 1. The summed E-state index contributed by atoms with van der Waals surface area (Å²) in [6.45, 7) is 6.06. The summed E-state index contributed by atoms with van der Waals surface area (Å²) in [5.74, 6) is 1.64. The molecule has 1 saturated carbocycles. The number of ether oxygens (including phenoxy) is 2. The van der Waals surface area contributed by atoms with E-state index < -0.39 is 0 Å². The largest absolute Gasteiger partial charge is 0.482 e. The van der Waals surface area contributed by atoms with Crippen LogP contribution in [0.25, 0.3) is 0 Å². The molecule has 0 radical (unpaired) electrons. The number of hydrogen-bond acceptors (Lipinski definition) is 4. The SMILES string of the molecule is CCNC(=NCC1(CCOC)CCCC1)NCCCN1C(=O)COc2ccccc21.I. The molecule has 174 valence electrons. The molecule has 0 atom stereocenters. The quantitative estimate of drug-likeness (QED) is 0.204. The number of nitrogens with one attached hydrogen (secondary N) is 2. The molecule has 8 heteroatoms. The summed E-state index contributed by atoms with van der Waals surface area (Å²) in [5.41, 5.74) is 1.14. The van der Waals surface area contributed by atoms with Crippen molar-refractivity contribution >= 4 is 41.5 Å². The third-order valence-electron chi connectivity index (χ3n) is 6.08. The maximum Gasteiger partial charge on any atom is 0.265 e. The summed E-state index contributed by atoms with van der Waals surface area (Å²) >= 11 is 0. The minimum absolute atomic E-state index is 0. The summed E-state index contributed by atoms with van der Waals surface area (Å²) in [6, 6.07) is 7.71. The van der Waals surface area contributed by atoms with E-state index in [1.165, 1.54) is 25.7 Å². The summed E-state index contributed by atoms with van der Waals surface area (Å²) in [4.78, 5) is 19.0. The van der Waals surface area contributed by atoms with Gasteiger partial charge in [-0.15, -0.1) is 24.0 Å². The Morgan fingerprint density at radius 3 is 2.77 bits per heavy atom. The van der Waals surface area contributed by atoms with E-state index in [0.717, 1.165) is 56.5 Å². The number of amides is 1. The van der Waals surface area contributed by atoms with E-state index in [1.54, 1.807) is 7.11 Å². The first-order chi connectivity index (χ1) is 14.7. The van der Waals surface area contributed by atoms with Crippen molar-refractivity contribution in [3.8, 4) is 5.75 Å². The monoisotopic (exact) mass is 544 g/mol. The van der Waals surface area contributed by atoms with Crippen LogP contribution in [-0.4, -0.2) is 58.4 Å². The lowest BCUT2D eigenvalue weighted by Gasteiger charge is -2.29. The highest BCUT2D eigenvalue weighted by atomic mass is 127. The zero-order chi connectivity index (χ0) is 21.2. The molecule has 31 heavy (non-hydrogen) atoms. The number of methoxy groups -OCH3 is 1. The Bertz CT molecular complexity index is 723. The predicted molar refractivity (Wildman–Crippen MR) is 136 cm³/mol. The van der Waals surface area contributed by atoms with Crippen LogP contribution in [0.3, 0.4) is 0 Å². The second-order valence-corrected chi connectivity index (χ2v) is 8.23. The molecule has 0 spiro atoms. The molecule has 3 rings (SSSR count). The molecule has 0 unspecified atom stereocenters. The minimum Gasteiger partial charge on any atom is -0.482 e. The van der Waals surface area contributed by atoms with Crippen molar-refractivity contribution in [2.24, 2.45) is 10.4 Å². The fourth-order valence-corrected chi connectivity index (χ4v) is 4.36. The summed E-state index contributed by atoms with van der Waals surface area (Å²) in [6.07, 6.45) is 6.95. The third kappa shape index (κ3) is 7.24. The Balaban J connectivity index is 0.00000341. The highest BCUT2D eigenvalue weighted by Gasteiger charge is 2.33. The van der Waals surface area contributed by atoms with Crippen molar-refractivity contribution in [2.45, 2.75) is 45.4 Å². The molecule has 0 saturated heterocycles. The van der Waals surface area contributed by atoms with Crippen LogP contribution in [0.5, 0.6) is 5.75 Å². The number of guanidine groups is 1. The number of fused-ring (bicyclic) bond motifs is 1. The molecule has 7 nitrogen and oxygen atoms in total. The number of anilines is 1. The number of para-hydroxylation sites is 2. The van der Waals surface area contributed by atoms with Crippen molar-refractivity contribution in [3.05, 3.63) is 24.3 Å². The standard InChI is InChI=1S/C23H36N4O3.HI/c1-3-24-22(26-18-23(13-16-29-2)11-6-7-12-23)25-14-8-15-27-19-9-4-5-10-20(19)30-17-21(27)28;/h4-5,9-10H,3,6-8,11-18H2,1-2H3,(H2,24,25,26);1H. The Labute approximate surface area is 203 Å². The predicted octanol–water partition coefficient (Wildman–Crippen LogP) is 3.57. The lowest BCUT2D eigenvalue weighted by molar-refractivity contribution is -0.121. The lowest BCUT2D eigenvalue weighted by Crippen LogP contribution is -2.42. The Hall–Kier alpha value is -1.55. The van der Waals surface area contributed by atoms with E-state index in [9.17, 15) is 4.79 Å². The van der Waals surface area contributed by atoms with Gasteiger partial charge in [0, 0.05) is 39.9 Å². The summed E-state index contributed by atoms with van der Waals surface area (Å²) in [5, 5.41) is 6.78. The molecule has 1 aromatic carbocycles. The Morgan fingerprint density at radius 2 is 2.03 bits per heavy atom. The van der Waals surface area contributed by atoms with Gasteiger partial charge in [-0.05, 0) is 50.2 Å². The number of nitrogens with zero attached hydrogens (tertiary/aromatic N) is 2. The summed E-state index contributed by atoms with van der Waals surface area (Å²) in [7, 11) is 1.77. The van der Waals surface area contributed by atoms with Crippen LogP contribution in [0.15, 0.2) is 29.3 Å². The van der Waals surface area contributed by atoms with Crippen LogP contribution in [0.2, 0.25) is 0 Å². The fourth-order valence-electron chi connectivity index (χ4n) is 4.36. The van der Waals surface area contributed by atoms with Gasteiger partial charge in [0.2, 0.25) is 0 Å². The highest BCUT2D eigenvalue weighted by molar-refractivity contribution is 14.0. The smallest absolute Gasteiger partial charge is 0.265 e. The second kappa shape index (κ2) is 13.1. The molecule has 1 aliphatic heterocycles. The van der Waals surface area contributed by atoms with Crippen molar-refractivity contribution in [1.82, 2.24) is 10.6 Å². The maximum absolute atomic E-state index is 12.3. The van der Waals surface area contributed by atoms with Gasteiger partial charge in [-0.3, -0.25) is 9.79 Å². The van der Waals surface area contributed by atoms with Gasteiger partial charge in [0.05, 0.1) is 5.69 Å². The Morgan fingerprint density at radius 1 is 1.26 bits per heavy atom. The zero-order valence-corrected chi connectivity index (χ0v) is 21.2. The molecular weight excluding hydrogens is 507 g/mol. The molecule has 1 amide bonds. The number of benzene rings is 1. The average Bonchev–Trinajstić information content (AvgIpc) is 3.24. The second-order valence-electron chi connectivity index (χ2n) is 8.23. The van der Waals surface area contributed by atoms with Gasteiger partial charge in [-0.25, -0.2) is 0 Å². The molecule has 1 heterocycles. The van der Waals surface area contributed by atoms with E-state index in [-0.39, 0.29) is 41.9 Å².